The van der Waals surface area contributed by atoms with Crippen LogP contribution < -0.4 is 0 Å². The first-order chi connectivity index (χ1) is 12.7. The second-order valence-corrected chi connectivity index (χ2v) is 7.14. The summed E-state index contributed by atoms with van der Waals surface area (Å²) in [7, 11) is 0. The number of carboxylic acid groups (broad SMARTS) is 1. The minimum absolute atomic E-state index is 0.100. The molecule has 144 valence electrons. The van der Waals surface area contributed by atoms with Crippen LogP contribution in [-0.2, 0) is 11.0 Å². The summed E-state index contributed by atoms with van der Waals surface area (Å²) in [5.41, 5.74) is 1.95. The summed E-state index contributed by atoms with van der Waals surface area (Å²) >= 11 is 0. The van der Waals surface area contributed by atoms with Crippen molar-refractivity contribution in [1.82, 2.24) is 4.90 Å². The van der Waals surface area contributed by atoms with Gasteiger partial charge in [-0.2, -0.15) is 13.2 Å². The number of aryl methyl sites for hydroxylation is 2. The zero-order valence-corrected chi connectivity index (χ0v) is 15.3. The van der Waals surface area contributed by atoms with Crippen molar-refractivity contribution in [2.24, 2.45) is 0 Å². The third-order valence-electron chi connectivity index (χ3n) is 5.03. The van der Waals surface area contributed by atoms with E-state index in [9.17, 15) is 23.1 Å². The third-order valence-corrected chi connectivity index (χ3v) is 5.03. The van der Waals surface area contributed by atoms with Crippen molar-refractivity contribution in [3.8, 4) is 0 Å². The van der Waals surface area contributed by atoms with E-state index >= 15 is 0 Å². The van der Waals surface area contributed by atoms with Gasteiger partial charge in [0.2, 0.25) is 0 Å². The molecule has 3 nitrogen and oxygen atoms in total. The zero-order chi connectivity index (χ0) is 19.8. The maximum Gasteiger partial charge on any atom is 0.416 e. The molecule has 1 N–H and O–H groups in total. The van der Waals surface area contributed by atoms with E-state index in [2.05, 4.69) is 0 Å². The Hall–Kier alpha value is -2.34. The number of aliphatic carboxylic acids is 1. The van der Waals surface area contributed by atoms with Crippen LogP contribution in [0.15, 0.2) is 42.5 Å². The Morgan fingerprint density at radius 3 is 2.37 bits per heavy atom. The molecule has 2 aromatic rings. The third kappa shape index (κ3) is 4.00. The number of hydrogen-bond donors (Lipinski definition) is 1. The lowest BCUT2D eigenvalue weighted by Crippen LogP contribution is -2.40. The molecule has 0 bridgehead atoms. The molecule has 1 aliphatic rings. The molecule has 0 aromatic heterocycles. The zero-order valence-electron chi connectivity index (χ0n) is 15.3. The topological polar surface area (TPSA) is 40.5 Å². The number of benzene rings is 2. The lowest BCUT2D eigenvalue weighted by Gasteiger charge is -2.34. The van der Waals surface area contributed by atoms with Crippen molar-refractivity contribution in [1.29, 1.82) is 0 Å². The van der Waals surface area contributed by atoms with E-state index in [1.807, 2.05) is 32.0 Å². The number of carboxylic acids is 1. The lowest BCUT2D eigenvalue weighted by molar-refractivity contribution is -0.143. The van der Waals surface area contributed by atoms with Gasteiger partial charge in [-0.3, -0.25) is 9.69 Å². The van der Waals surface area contributed by atoms with E-state index in [4.69, 9.17) is 0 Å². The molecule has 27 heavy (non-hydrogen) atoms. The molecule has 6 heteroatoms. The first-order valence-corrected chi connectivity index (χ1v) is 8.91. The van der Waals surface area contributed by atoms with Crippen molar-refractivity contribution in [3.63, 3.8) is 0 Å². The SMILES string of the molecule is Cc1cc(C)cc(C(c2ccccc2C(F)(F)F)N2CCCC2C(=O)O)c1. The highest BCUT2D eigenvalue weighted by molar-refractivity contribution is 5.74. The molecule has 2 aromatic carbocycles. The molecule has 2 atom stereocenters. The highest BCUT2D eigenvalue weighted by atomic mass is 19.4. The molecule has 0 saturated carbocycles. The van der Waals surface area contributed by atoms with Gasteiger partial charge >= 0.3 is 12.1 Å². The quantitative estimate of drug-likeness (QED) is 0.819. The number of halogens is 3. The van der Waals surface area contributed by atoms with Gasteiger partial charge in [-0.1, -0.05) is 47.5 Å². The van der Waals surface area contributed by atoms with Gasteiger partial charge in [0.1, 0.15) is 6.04 Å². The summed E-state index contributed by atoms with van der Waals surface area (Å²) in [4.78, 5) is 13.4. The number of carbonyl (C=O) groups is 1. The Morgan fingerprint density at radius 2 is 1.78 bits per heavy atom. The second-order valence-electron chi connectivity index (χ2n) is 7.14. The second kappa shape index (κ2) is 7.35. The molecule has 2 unspecified atom stereocenters. The molecule has 1 saturated heterocycles. The van der Waals surface area contributed by atoms with Crippen LogP contribution in [0.4, 0.5) is 13.2 Å². The van der Waals surface area contributed by atoms with Crippen LogP contribution in [0.3, 0.4) is 0 Å². The van der Waals surface area contributed by atoms with Crippen molar-refractivity contribution < 1.29 is 23.1 Å². The number of alkyl halides is 3. The van der Waals surface area contributed by atoms with Crippen LogP contribution in [0.25, 0.3) is 0 Å². The Bertz CT molecular complexity index is 827. The molecule has 0 radical (unpaired) electrons. The minimum atomic E-state index is -4.51. The van der Waals surface area contributed by atoms with Gasteiger partial charge in [-0.15, -0.1) is 0 Å². The van der Waals surface area contributed by atoms with Gasteiger partial charge in [-0.25, -0.2) is 0 Å². The monoisotopic (exact) mass is 377 g/mol. The largest absolute Gasteiger partial charge is 0.480 e. The van der Waals surface area contributed by atoms with Crippen LogP contribution in [-0.4, -0.2) is 28.6 Å². The molecule has 1 heterocycles. The molecular weight excluding hydrogens is 355 g/mol. The van der Waals surface area contributed by atoms with Gasteiger partial charge in [0.15, 0.2) is 0 Å². The van der Waals surface area contributed by atoms with E-state index in [-0.39, 0.29) is 5.56 Å². The Balaban J connectivity index is 2.22. The normalized spacial score (nSPS) is 19.2. The predicted octanol–water partition coefficient (Wildman–Crippen LogP) is 4.96. The Morgan fingerprint density at radius 1 is 1.15 bits per heavy atom. The Labute approximate surface area is 156 Å². The first-order valence-electron chi connectivity index (χ1n) is 8.91. The van der Waals surface area contributed by atoms with Crippen LogP contribution in [0.2, 0.25) is 0 Å². The number of nitrogens with zero attached hydrogens (tertiary/aromatic N) is 1. The predicted molar refractivity (Wildman–Crippen MR) is 96.6 cm³/mol. The van der Waals surface area contributed by atoms with Crippen molar-refractivity contribution >= 4 is 5.97 Å². The average molecular weight is 377 g/mol. The number of likely N-dealkylation sites (tertiary alicyclic amines) is 1. The van der Waals surface area contributed by atoms with Crippen molar-refractivity contribution in [3.05, 3.63) is 70.3 Å². The van der Waals surface area contributed by atoms with Gasteiger partial charge < -0.3 is 5.11 Å². The smallest absolute Gasteiger partial charge is 0.416 e. The minimum Gasteiger partial charge on any atom is -0.480 e. The Kier molecular flexibility index (Phi) is 5.29. The number of rotatable bonds is 4. The highest BCUT2D eigenvalue weighted by Gasteiger charge is 2.41. The van der Waals surface area contributed by atoms with Gasteiger partial charge in [0.25, 0.3) is 0 Å². The van der Waals surface area contributed by atoms with Gasteiger partial charge in [0.05, 0.1) is 11.6 Å². The van der Waals surface area contributed by atoms with E-state index in [0.717, 1.165) is 17.2 Å². The fraction of sp³-hybridized carbons (Fsp3) is 0.381. The molecule has 0 amide bonds. The first kappa shape index (κ1) is 19.4. The molecule has 1 fully saturated rings. The van der Waals surface area contributed by atoms with Crippen LogP contribution in [0.5, 0.6) is 0 Å². The summed E-state index contributed by atoms with van der Waals surface area (Å²) < 4.78 is 41.1. The molecule has 3 rings (SSSR count). The summed E-state index contributed by atoms with van der Waals surface area (Å²) in [6.07, 6.45) is -3.43. The van der Waals surface area contributed by atoms with Crippen molar-refractivity contribution in [2.75, 3.05) is 6.54 Å². The molecule has 0 aliphatic carbocycles. The van der Waals surface area contributed by atoms with Crippen LogP contribution >= 0.6 is 0 Å². The summed E-state index contributed by atoms with van der Waals surface area (Å²) in [6.45, 7) is 4.23. The average Bonchev–Trinajstić information content (AvgIpc) is 3.03. The molecular formula is C21H22F3NO2. The fourth-order valence-corrected chi connectivity index (χ4v) is 4.07. The van der Waals surface area contributed by atoms with E-state index < -0.39 is 29.8 Å². The molecule has 0 spiro atoms. The molecule has 1 aliphatic heterocycles. The fourth-order valence-electron chi connectivity index (χ4n) is 4.07. The standard InChI is InChI=1S/C21H22F3NO2/c1-13-10-14(2)12-15(11-13)19(25-9-5-8-18(25)20(26)27)16-6-3-4-7-17(16)21(22,23)24/h3-4,6-7,10-12,18-19H,5,8-9H2,1-2H3,(H,26,27). The summed E-state index contributed by atoms with van der Waals surface area (Å²) in [5.74, 6) is -0.994. The van der Waals surface area contributed by atoms with Crippen LogP contribution in [0.1, 0.15) is 46.7 Å². The van der Waals surface area contributed by atoms with Gasteiger partial charge in [0, 0.05) is 6.54 Å². The lowest BCUT2D eigenvalue weighted by atomic mass is 9.90. The number of hydrogen-bond acceptors (Lipinski definition) is 2. The van der Waals surface area contributed by atoms with Gasteiger partial charge in [-0.05, 0) is 43.9 Å². The summed E-state index contributed by atoms with van der Waals surface area (Å²) in [6, 6.07) is 9.57. The summed E-state index contributed by atoms with van der Waals surface area (Å²) in [5, 5.41) is 9.60. The van der Waals surface area contributed by atoms with E-state index in [0.29, 0.717) is 24.9 Å². The van der Waals surface area contributed by atoms with E-state index in [1.54, 1.807) is 11.0 Å². The van der Waals surface area contributed by atoms with Crippen molar-refractivity contribution in [2.45, 2.75) is 44.9 Å². The van der Waals surface area contributed by atoms with E-state index in [1.165, 1.54) is 12.1 Å². The maximum absolute atomic E-state index is 13.7. The maximum atomic E-state index is 13.7. The highest BCUT2D eigenvalue weighted by Crippen LogP contribution is 2.41. The van der Waals surface area contributed by atoms with Crippen LogP contribution in [0, 0.1) is 13.8 Å².